The molecule has 25 heavy (non-hydrogen) atoms. The van der Waals surface area contributed by atoms with Gasteiger partial charge >= 0.3 is 11.9 Å². The molecule has 0 atom stereocenters. The molecule has 0 aliphatic heterocycles. The lowest BCUT2D eigenvalue weighted by Gasteiger charge is -2.07. The van der Waals surface area contributed by atoms with E-state index in [0.29, 0.717) is 5.75 Å². The summed E-state index contributed by atoms with van der Waals surface area (Å²) in [5.41, 5.74) is 2.05. The zero-order valence-electron chi connectivity index (χ0n) is 13.0. The zero-order valence-corrected chi connectivity index (χ0v) is 13.0. The quantitative estimate of drug-likeness (QED) is 0.435. The summed E-state index contributed by atoms with van der Waals surface area (Å²) in [5, 5.41) is 10.8. The van der Waals surface area contributed by atoms with Crippen LogP contribution in [0.15, 0.2) is 66.7 Å². The van der Waals surface area contributed by atoms with Crippen molar-refractivity contribution in [2.75, 3.05) is 0 Å². The Hall–Kier alpha value is -3.60. The van der Waals surface area contributed by atoms with Crippen molar-refractivity contribution >= 4 is 33.7 Å². The van der Waals surface area contributed by atoms with E-state index in [2.05, 4.69) is 4.98 Å². The van der Waals surface area contributed by atoms with Crippen LogP contribution in [0, 0.1) is 0 Å². The lowest BCUT2D eigenvalue weighted by molar-refractivity contribution is 0.0697. The van der Waals surface area contributed by atoms with Gasteiger partial charge in [0.25, 0.3) is 0 Å². The fourth-order valence-corrected chi connectivity index (χ4v) is 2.89. The number of esters is 1. The number of carbonyl (C=O) groups is 2. The zero-order chi connectivity index (χ0) is 17.4. The molecule has 2 N–H and O–H groups in total. The predicted molar refractivity (Wildman–Crippen MR) is 94.2 cm³/mol. The third kappa shape index (κ3) is 2.61. The molecule has 0 aliphatic carbocycles. The number of carbonyl (C=O) groups excluding carboxylic acids is 1. The van der Waals surface area contributed by atoms with Crippen LogP contribution in [0.3, 0.4) is 0 Å². The van der Waals surface area contributed by atoms with Crippen LogP contribution >= 0.6 is 0 Å². The minimum absolute atomic E-state index is 0.0414. The number of para-hydroxylation sites is 1. The number of hydrogen-bond donors (Lipinski definition) is 2. The Balaban J connectivity index is 1.77. The van der Waals surface area contributed by atoms with E-state index in [4.69, 9.17) is 9.84 Å². The molecule has 0 fully saturated rings. The predicted octanol–water partition coefficient (Wildman–Crippen LogP) is 4.24. The first-order valence-electron chi connectivity index (χ1n) is 7.68. The van der Waals surface area contributed by atoms with E-state index in [1.165, 1.54) is 24.3 Å². The number of carboxylic acids is 1. The van der Waals surface area contributed by atoms with Gasteiger partial charge in [0.05, 0.1) is 22.0 Å². The van der Waals surface area contributed by atoms with E-state index in [9.17, 15) is 9.59 Å². The van der Waals surface area contributed by atoms with Gasteiger partial charge in [0, 0.05) is 10.9 Å². The van der Waals surface area contributed by atoms with Gasteiger partial charge in [0.1, 0.15) is 5.75 Å². The fraction of sp³-hybridized carbons (Fsp3) is 0. The molecule has 0 radical (unpaired) electrons. The van der Waals surface area contributed by atoms with Crippen molar-refractivity contribution in [2.45, 2.75) is 0 Å². The number of H-pyrrole nitrogens is 1. The third-order valence-corrected chi connectivity index (χ3v) is 4.04. The van der Waals surface area contributed by atoms with Gasteiger partial charge in [0.15, 0.2) is 0 Å². The molecule has 5 heteroatoms. The van der Waals surface area contributed by atoms with Gasteiger partial charge in [0.2, 0.25) is 0 Å². The summed E-state index contributed by atoms with van der Waals surface area (Å²) in [4.78, 5) is 26.8. The smallest absolute Gasteiger partial charge is 0.343 e. The van der Waals surface area contributed by atoms with Gasteiger partial charge in [-0.05, 0) is 36.4 Å². The molecular weight excluding hydrogens is 318 g/mol. The average Bonchev–Trinajstić information content (AvgIpc) is 3.01. The lowest BCUT2D eigenvalue weighted by Crippen LogP contribution is -2.10. The number of ether oxygens (including phenoxy) is 1. The van der Waals surface area contributed by atoms with Gasteiger partial charge < -0.3 is 14.8 Å². The van der Waals surface area contributed by atoms with E-state index in [1.54, 1.807) is 12.1 Å². The lowest BCUT2D eigenvalue weighted by atomic mass is 10.1. The molecule has 0 unspecified atom stereocenters. The Morgan fingerprint density at radius 3 is 2.40 bits per heavy atom. The average molecular weight is 331 g/mol. The second-order valence-electron chi connectivity index (χ2n) is 5.62. The standard InChI is InChI=1S/C20H13NO4/c22-19(23)12-5-3-6-13(11-12)20(24)25-17-10-4-9-16-18(17)14-7-1-2-8-15(14)21-16/h1-11,21H,(H,22,23). The Morgan fingerprint density at radius 2 is 1.56 bits per heavy atom. The number of aromatic amines is 1. The monoisotopic (exact) mass is 331 g/mol. The van der Waals surface area contributed by atoms with Gasteiger partial charge in [-0.1, -0.05) is 30.3 Å². The highest BCUT2D eigenvalue weighted by Gasteiger charge is 2.15. The maximum Gasteiger partial charge on any atom is 0.343 e. The molecule has 0 bridgehead atoms. The summed E-state index contributed by atoms with van der Waals surface area (Å²) in [6.07, 6.45) is 0. The number of benzene rings is 3. The molecule has 1 heterocycles. The van der Waals surface area contributed by atoms with Crippen molar-refractivity contribution in [1.29, 1.82) is 0 Å². The summed E-state index contributed by atoms with van der Waals surface area (Å²) in [6, 6.07) is 19.0. The molecule has 5 nitrogen and oxygen atoms in total. The van der Waals surface area contributed by atoms with E-state index in [0.717, 1.165) is 21.8 Å². The van der Waals surface area contributed by atoms with Gasteiger partial charge in [-0.25, -0.2) is 9.59 Å². The number of aromatic carboxylic acids is 1. The Labute approximate surface area is 142 Å². The van der Waals surface area contributed by atoms with Crippen molar-refractivity contribution in [3.8, 4) is 5.75 Å². The van der Waals surface area contributed by atoms with Crippen molar-refractivity contribution in [1.82, 2.24) is 4.98 Å². The van der Waals surface area contributed by atoms with E-state index >= 15 is 0 Å². The second-order valence-corrected chi connectivity index (χ2v) is 5.62. The highest BCUT2D eigenvalue weighted by Crippen LogP contribution is 2.33. The summed E-state index contributed by atoms with van der Waals surface area (Å²) in [5.74, 6) is -1.25. The minimum atomic E-state index is -1.09. The summed E-state index contributed by atoms with van der Waals surface area (Å²) >= 11 is 0. The molecule has 4 rings (SSSR count). The van der Waals surface area contributed by atoms with Crippen LogP contribution < -0.4 is 4.74 Å². The molecule has 0 aliphatic rings. The minimum Gasteiger partial charge on any atom is -0.478 e. The van der Waals surface area contributed by atoms with Crippen molar-refractivity contribution in [3.63, 3.8) is 0 Å². The van der Waals surface area contributed by atoms with E-state index in [1.807, 2.05) is 30.3 Å². The van der Waals surface area contributed by atoms with Crippen LogP contribution in [0.5, 0.6) is 5.75 Å². The van der Waals surface area contributed by atoms with Gasteiger partial charge in [-0.3, -0.25) is 0 Å². The first-order chi connectivity index (χ1) is 12.1. The van der Waals surface area contributed by atoms with Crippen LogP contribution in [0.1, 0.15) is 20.7 Å². The van der Waals surface area contributed by atoms with Crippen LogP contribution in [0.4, 0.5) is 0 Å². The molecule has 122 valence electrons. The molecule has 0 saturated heterocycles. The molecular formula is C20H13NO4. The van der Waals surface area contributed by atoms with Crippen LogP contribution in [0.2, 0.25) is 0 Å². The largest absolute Gasteiger partial charge is 0.478 e. The topological polar surface area (TPSA) is 79.4 Å². The molecule has 0 amide bonds. The summed E-state index contributed by atoms with van der Waals surface area (Å²) < 4.78 is 5.56. The van der Waals surface area contributed by atoms with Crippen molar-refractivity contribution < 1.29 is 19.4 Å². The molecule has 4 aromatic rings. The SMILES string of the molecule is O=C(O)c1cccc(C(=O)Oc2cccc3[nH]c4ccccc4c23)c1. The van der Waals surface area contributed by atoms with E-state index in [-0.39, 0.29) is 11.1 Å². The first kappa shape index (κ1) is 15.0. The maximum absolute atomic E-state index is 12.5. The molecule has 0 saturated carbocycles. The van der Waals surface area contributed by atoms with Gasteiger partial charge in [-0.15, -0.1) is 0 Å². The number of aromatic nitrogens is 1. The van der Waals surface area contributed by atoms with Crippen molar-refractivity contribution in [3.05, 3.63) is 77.9 Å². The van der Waals surface area contributed by atoms with E-state index < -0.39 is 11.9 Å². The Morgan fingerprint density at radius 1 is 0.840 bits per heavy atom. The second kappa shape index (κ2) is 5.79. The molecule has 3 aromatic carbocycles. The first-order valence-corrected chi connectivity index (χ1v) is 7.68. The Kier molecular flexibility index (Phi) is 3.47. The number of fused-ring (bicyclic) bond motifs is 3. The van der Waals surface area contributed by atoms with Crippen molar-refractivity contribution in [2.24, 2.45) is 0 Å². The summed E-state index contributed by atoms with van der Waals surface area (Å²) in [7, 11) is 0. The fourth-order valence-electron chi connectivity index (χ4n) is 2.89. The highest BCUT2D eigenvalue weighted by molar-refractivity contribution is 6.11. The normalized spacial score (nSPS) is 10.9. The molecule has 1 aromatic heterocycles. The summed E-state index contributed by atoms with van der Waals surface area (Å²) in [6.45, 7) is 0. The Bertz CT molecular complexity index is 1130. The third-order valence-electron chi connectivity index (χ3n) is 4.04. The number of hydrogen-bond acceptors (Lipinski definition) is 3. The number of nitrogens with one attached hydrogen (secondary N) is 1. The number of rotatable bonds is 3. The molecule has 0 spiro atoms. The van der Waals surface area contributed by atoms with Crippen LogP contribution in [0.25, 0.3) is 21.8 Å². The maximum atomic E-state index is 12.5. The highest BCUT2D eigenvalue weighted by atomic mass is 16.5. The van der Waals surface area contributed by atoms with Crippen LogP contribution in [-0.2, 0) is 0 Å². The van der Waals surface area contributed by atoms with Crippen LogP contribution in [-0.4, -0.2) is 22.0 Å². The number of carboxylic acid groups (broad SMARTS) is 1. The van der Waals surface area contributed by atoms with Gasteiger partial charge in [-0.2, -0.15) is 0 Å².